The molecule has 23 heavy (non-hydrogen) atoms. The Labute approximate surface area is 137 Å². The lowest BCUT2D eigenvalue weighted by Crippen LogP contribution is -2.48. The molecular weight excluding hydrogens is 296 g/mol. The molecule has 0 saturated carbocycles. The summed E-state index contributed by atoms with van der Waals surface area (Å²) in [6.07, 6.45) is 1.63. The van der Waals surface area contributed by atoms with Crippen LogP contribution in [0.5, 0.6) is 5.88 Å². The number of methoxy groups -OCH3 is 1. The second-order valence-corrected chi connectivity index (χ2v) is 6.04. The quantitative estimate of drug-likeness (QED) is 0.831. The Morgan fingerprint density at radius 3 is 3.13 bits per heavy atom. The summed E-state index contributed by atoms with van der Waals surface area (Å²) in [5.74, 6) is 1.02. The summed E-state index contributed by atoms with van der Waals surface area (Å²) in [6, 6.07) is 3.19. The van der Waals surface area contributed by atoms with Gasteiger partial charge >= 0.3 is 6.03 Å². The number of nitrogens with zero attached hydrogens (tertiary/aromatic N) is 2. The van der Waals surface area contributed by atoms with Gasteiger partial charge in [-0.15, -0.1) is 0 Å². The van der Waals surface area contributed by atoms with Gasteiger partial charge < -0.3 is 20.1 Å². The predicted octanol–water partition coefficient (Wildman–Crippen LogP) is 1.57. The average molecular weight is 322 g/mol. The third-order valence-electron chi connectivity index (χ3n) is 3.55. The molecule has 2 rings (SSSR count). The number of anilines is 1. The number of nitrogens with one attached hydrogen (secondary N) is 2. The number of amides is 2. The number of aromatic nitrogens is 1. The van der Waals surface area contributed by atoms with Crippen molar-refractivity contribution in [1.82, 2.24) is 15.2 Å². The molecule has 1 fully saturated rings. The van der Waals surface area contributed by atoms with Crippen LogP contribution in [-0.4, -0.2) is 61.9 Å². The first-order valence-corrected chi connectivity index (χ1v) is 7.96. The Hall–Kier alpha value is -1.86. The third-order valence-corrected chi connectivity index (χ3v) is 3.55. The fourth-order valence-corrected chi connectivity index (χ4v) is 2.61. The van der Waals surface area contributed by atoms with Crippen molar-refractivity contribution >= 4 is 11.7 Å². The molecule has 7 heteroatoms. The number of morpholine rings is 1. The van der Waals surface area contributed by atoms with Crippen molar-refractivity contribution in [2.75, 3.05) is 45.2 Å². The van der Waals surface area contributed by atoms with Crippen LogP contribution in [-0.2, 0) is 4.74 Å². The van der Waals surface area contributed by atoms with E-state index in [0.717, 1.165) is 19.6 Å². The van der Waals surface area contributed by atoms with E-state index in [1.165, 1.54) is 7.11 Å². The number of hydrogen-bond acceptors (Lipinski definition) is 5. The zero-order chi connectivity index (χ0) is 16.7. The first-order chi connectivity index (χ1) is 11.1. The van der Waals surface area contributed by atoms with E-state index in [9.17, 15) is 4.79 Å². The maximum Gasteiger partial charge on any atom is 0.319 e. The molecule has 0 bridgehead atoms. The molecule has 128 valence electrons. The molecular formula is C16H26N4O3. The number of hydrogen-bond donors (Lipinski definition) is 2. The van der Waals surface area contributed by atoms with Crippen molar-refractivity contribution in [3.8, 4) is 5.88 Å². The van der Waals surface area contributed by atoms with Gasteiger partial charge in [0, 0.05) is 32.4 Å². The SMILES string of the molecule is COc1ncccc1NC(=O)NC[C@@H]1CN(CC(C)C)CCO1. The molecule has 2 heterocycles. The third kappa shape index (κ3) is 5.69. The molecule has 0 aromatic carbocycles. The smallest absolute Gasteiger partial charge is 0.319 e. The predicted molar refractivity (Wildman–Crippen MR) is 88.8 cm³/mol. The Bertz CT molecular complexity index is 510. The van der Waals surface area contributed by atoms with Crippen LogP contribution in [0, 0.1) is 5.92 Å². The van der Waals surface area contributed by atoms with Gasteiger partial charge in [0.05, 0.1) is 19.8 Å². The zero-order valence-electron chi connectivity index (χ0n) is 14.0. The molecule has 7 nitrogen and oxygen atoms in total. The zero-order valence-corrected chi connectivity index (χ0v) is 14.0. The molecule has 0 radical (unpaired) electrons. The summed E-state index contributed by atoms with van der Waals surface area (Å²) in [5, 5.41) is 5.58. The van der Waals surface area contributed by atoms with Gasteiger partial charge in [0.15, 0.2) is 0 Å². The highest BCUT2D eigenvalue weighted by atomic mass is 16.5. The van der Waals surface area contributed by atoms with Crippen LogP contribution in [0.2, 0.25) is 0 Å². The van der Waals surface area contributed by atoms with Crippen molar-refractivity contribution in [3.05, 3.63) is 18.3 Å². The maximum atomic E-state index is 12.0. The number of pyridine rings is 1. The van der Waals surface area contributed by atoms with Crippen molar-refractivity contribution in [2.45, 2.75) is 20.0 Å². The van der Waals surface area contributed by atoms with Crippen molar-refractivity contribution in [2.24, 2.45) is 5.92 Å². The second-order valence-electron chi connectivity index (χ2n) is 6.04. The van der Waals surface area contributed by atoms with E-state index in [0.29, 0.717) is 30.6 Å². The first-order valence-electron chi connectivity index (χ1n) is 7.96. The molecule has 2 amide bonds. The van der Waals surface area contributed by atoms with Crippen LogP contribution < -0.4 is 15.4 Å². The van der Waals surface area contributed by atoms with Crippen LogP contribution in [0.1, 0.15) is 13.8 Å². The van der Waals surface area contributed by atoms with Gasteiger partial charge in [0.2, 0.25) is 5.88 Å². The van der Waals surface area contributed by atoms with Gasteiger partial charge in [-0.1, -0.05) is 13.8 Å². The lowest BCUT2D eigenvalue weighted by Gasteiger charge is -2.33. The Kier molecular flexibility index (Phi) is 6.61. The maximum absolute atomic E-state index is 12.0. The minimum absolute atomic E-state index is 0.0176. The van der Waals surface area contributed by atoms with E-state index >= 15 is 0 Å². The highest BCUT2D eigenvalue weighted by Crippen LogP contribution is 2.19. The molecule has 0 unspecified atom stereocenters. The fraction of sp³-hybridized carbons (Fsp3) is 0.625. The summed E-state index contributed by atoms with van der Waals surface area (Å²) in [5.41, 5.74) is 0.540. The normalized spacial score (nSPS) is 18.7. The minimum atomic E-state index is -0.291. The Morgan fingerprint density at radius 1 is 1.57 bits per heavy atom. The standard InChI is InChI=1S/C16H26N4O3/c1-12(2)10-20-7-8-23-13(11-20)9-18-16(21)19-14-5-4-6-17-15(14)22-3/h4-6,12-13H,7-11H2,1-3H3,(H2,18,19,21)/t13-/m1/s1. The van der Waals surface area contributed by atoms with Gasteiger partial charge in [0.1, 0.15) is 5.69 Å². The van der Waals surface area contributed by atoms with Crippen LogP contribution in [0.15, 0.2) is 18.3 Å². The van der Waals surface area contributed by atoms with Crippen molar-refractivity contribution < 1.29 is 14.3 Å². The number of rotatable bonds is 6. The minimum Gasteiger partial charge on any atom is -0.480 e. The number of urea groups is 1. The Morgan fingerprint density at radius 2 is 2.39 bits per heavy atom. The Balaban J connectivity index is 1.77. The summed E-state index contributed by atoms with van der Waals surface area (Å²) in [4.78, 5) is 18.4. The van der Waals surface area contributed by atoms with Crippen molar-refractivity contribution in [1.29, 1.82) is 0 Å². The molecule has 1 saturated heterocycles. The van der Waals surface area contributed by atoms with Crippen LogP contribution >= 0.6 is 0 Å². The summed E-state index contributed by atoms with van der Waals surface area (Å²) in [7, 11) is 1.52. The lowest BCUT2D eigenvalue weighted by molar-refractivity contribution is -0.0288. The number of carbonyl (C=O) groups excluding carboxylic acids is 1. The van der Waals surface area contributed by atoms with E-state index in [1.54, 1.807) is 18.3 Å². The molecule has 1 aliphatic heterocycles. The molecule has 2 N–H and O–H groups in total. The fourth-order valence-electron chi connectivity index (χ4n) is 2.61. The lowest BCUT2D eigenvalue weighted by atomic mass is 10.2. The molecule has 1 atom stereocenters. The largest absolute Gasteiger partial charge is 0.480 e. The average Bonchev–Trinajstić information content (AvgIpc) is 2.53. The summed E-state index contributed by atoms with van der Waals surface area (Å²) < 4.78 is 10.8. The second kappa shape index (κ2) is 8.69. The molecule has 0 aliphatic carbocycles. The van der Waals surface area contributed by atoms with Gasteiger partial charge in [-0.25, -0.2) is 9.78 Å². The monoisotopic (exact) mass is 322 g/mol. The topological polar surface area (TPSA) is 75.7 Å². The van der Waals surface area contributed by atoms with Crippen LogP contribution in [0.3, 0.4) is 0 Å². The van der Waals surface area contributed by atoms with E-state index in [1.807, 2.05) is 0 Å². The van der Waals surface area contributed by atoms with E-state index in [4.69, 9.17) is 9.47 Å². The molecule has 0 spiro atoms. The number of carbonyl (C=O) groups is 1. The summed E-state index contributed by atoms with van der Waals surface area (Å²) >= 11 is 0. The van der Waals surface area contributed by atoms with Crippen LogP contribution in [0.25, 0.3) is 0 Å². The molecule has 1 aromatic rings. The van der Waals surface area contributed by atoms with E-state index in [2.05, 4.69) is 34.4 Å². The van der Waals surface area contributed by atoms with E-state index in [-0.39, 0.29) is 12.1 Å². The molecule has 1 aliphatic rings. The van der Waals surface area contributed by atoms with Gasteiger partial charge in [-0.05, 0) is 18.1 Å². The highest BCUT2D eigenvalue weighted by Gasteiger charge is 2.21. The van der Waals surface area contributed by atoms with Crippen molar-refractivity contribution in [3.63, 3.8) is 0 Å². The first kappa shape index (κ1) is 17.5. The van der Waals surface area contributed by atoms with Gasteiger partial charge in [-0.3, -0.25) is 4.90 Å². The summed E-state index contributed by atoms with van der Waals surface area (Å²) in [6.45, 7) is 8.44. The van der Waals surface area contributed by atoms with E-state index < -0.39 is 0 Å². The number of ether oxygens (including phenoxy) is 2. The van der Waals surface area contributed by atoms with Crippen LogP contribution in [0.4, 0.5) is 10.5 Å². The molecule has 1 aromatic heterocycles. The van der Waals surface area contributed by atoms with Gasteiger partial charge in [-0.2, -0.15) is 0 Å². The van der Waals surface area contributed by atoms with Gasteiger partial charge in [0.25, 0.3) is 0 Å². The highest BCUT2D eigenvalue weighted by molar-refractivity contribution is 5.90.